The zero-order valence-electron chi connectivity index (χ0n) is 21.9. The monoisotopic (exact) mass is 488 g/mol. The zero-order chi connectivity index (χ0) is 24.8. The van der Waals surface area contributed by atoms with E-state index in [9.17, 15) is 0 Å². The SMILES string of the molecule is CCC(C)(SOCc1ccc(OCc2ccc(C(C(C)C)C3CC3C)cc2)cc1)c1ccccc1. The first kappa shape index (κ1) is 25.9. The van der Waals surface area contributed by atoms with Crippen LogP contribution in [0, 0.1) is 17.8 Å². The van der Waals surface area contributed by atoms with Crippen LogP contribution in [0.25, 0.3) is 0 Å². The van der Waals surface area contributed by atoms with Crippen molar-refractivity contribution in [2.75, 3.05) is 0 Å². The topological polar surface area (TPSA) is 18.5 Å². The first-order valence-corrected chi connectivity index (χ1v) is 13.8. The number of ether oxygens (including phenoxy) is 1. The van der Waals surface area contributed by atoms with Crippen molar-refractivity contribution < 1.29 is 8.92 Å². The van der Waals surface area contributed by atoms with Crippen molar-refractivity contribution in [3.8, 4) is 5.75 Å². The van der Waals surface area contributed by atoms with Gasteiger partial charge in [0.15, 0.2) is 0 Å². The molecule has 0 spiro atoms. The molecule has 0 heterocycles. The highest BCUT2D eigenvalue weighted by atomic mass is 32.2. The Morgan fingerprint density at radius 1 is 0.886 bits per heavy atom. The van der Waals surface area contributed by atoms with Gasteiger partial charge in [-0.25, -0.2) is 0 Å². The van der Waals surface area contributed by atoms with Crippen molar-refractivity contribution in [2.45, 2.75) is 71.3 Å². The number of hydrogen-bond acceptors (Lipinski definition) is 3. The lowest BCUT2D eigenvalue weighted by molar-refractivity contribution is 0.305. The summed E-state index contributed by atoms with van der Waals surface area (Å²) in [6, 6.07) is 27.9. The van der Waals surface area contributed by atoms with Crippen LogP contribution < -0.4 is 4.74 Å². The molecule has 0 N–H and O–H groups in total. The van der Waals surface area contributed by atoms with Gasteiger partial charge in [-0.1, -0.05) is 94.4 Å². The highest BCUT2D eigenvalue weighted by Crippen LogP contribution is 2.51. The molecule has 4 unspecified atom stereocenters. The maximum absolute atomic E-state index is 6.06. The third-order valence-corrected chi connectivity index (χ3v) is 8.70. The molecule has 0 aromatic heterocycles. The molecule has 1 aliphatic rings. The maximum atomic E-state index is 6.06. The van der Waals surface area contributed by atoms with Gasteiger partial charge < -0.3 is 8.92 Å². The van der Waals surface area contributed by atoms with Gasteiger partial charge in [-0.05, 0) is 77.8 Å². The van der Waals surface area contributed by atoms with E-state index in [4.69, 9.17) is 8.92 Å². The van der Waals surface area contributed by atoms with E-state index in [0.717, 1.165) is 29.6 Å². The van der Waals surface area contributed by atoms with E-state index >= 15 is 0 Å². The summed E-state index contributed by atoms with van der Waals surface area (Å²) in [6.45, 7) is 12.7. The molecule has 35 heavy (non-hydrogen) atoms. The molecule has 0 aliphatic heterocycles. The average Bonchev–Trinajstić information content (AvgIpc) is 3.60. The standard InChI is InChI=1S/C32H40O2S/c1-6-32(5,28-10-8-7-9-11-28)35-34-22-26-14-18-29(19-15-26)33-21-25-12-16-27(17-13-25)31(23(2)3)30-20-24(30)4/h7-19,23-24,30-31H,6,20-22H2,1-5H3. The molecule has 0 amide bonds. The Bertz CT molecular complexity index is 1050. The van der Waals surface area contributed by atoms with E-state index in [1.54, 1.807) is 12.0 Å². The highest BCUT2D eigenvalue weighted by molar-refractivity contribution is 7.95. The predicted octanol–water partition coefficient (Wildman–Crippen LogP) is 9.15. The molecule has 3 heteroatoms. The smallest absolute Gasteiger partial charge is 0.119 e. The molecule has 2 nitrogen and oxygen atoms in total. The minimum atomic E-state index is -0.0497. The number of rotatable bonds is 12. The Morgan fingerprint density at radius 2 is 1.49 bits per heavy atom. The molecule has 0 radical (unpaired) electrons. The van der Waals surface area contributed by atoms with E-state index in [1.807, 2.05) is 12.1 Å². The largest absolute Gasteiger partial charge is 0.489 e. The highest BCUT2D eigenvalue weighted by Gasteiger charge is 2.41. The third-order valence-electron chi connectivity index (χ3n) is 7.57. The van der Waals surface area contributed by atoms with Crippen LogP contribution in [0.3, 0.4) is 0 Å². The second kappa shape index (κ2) is 11.7. The summed E-state index contributed by atoms with van der Waals surface area (Å²) in [5, 5.41) is 0. The van der Waals surface area contributed by atoms with Gasteiger partial charge in [0.1, 0.15) is 12.4 Å². The fourth-order valence-electron chi connectivity index (χ4n) is 4.99. The minimum absolute atomic E-state index is 0.0497. The van der Waals surface area contributed by atoms with Gasteiger partial charge in [-0.3, -0.25) is 0 Å². The van der Waals surface area contributed by atoms with E-state index < -0.39 is 0 Å². The third kappa shape index (κ3) is 6.71. The summed E-state index contributed by atoms with van der Waals surface area (Å²) in [7, 11) is 0. The summed E-state index contributed by atoms with van der Waals surface area (Å²) >= 11 is 1.56. The van der Waals surface area contributed by atoms with Gasteiger partial charge in [-0.15, -0.1) is 0 Å². The maximum Gasteiger partial charge on any atom is 0.119 e. The van der Waals surface area contributed by atoms with E-state index in [-0.39, 0.29) is 4.75 Å². The van der Waals surface area contributed by atoms with Gasteiger partial charge in [0.25, 0.3) is 0 Å². The Kier molecular flexibility index (Phi) is 8.62. The van der Waals surface area contributed by atoms with Crippen LogP contribution >= 0.6 is 12.0 Å². The summed E-state index contributed by atoms with van der Waals surface area (Å²) in [5.74, 6) is 3.97. The van der Waals surface area contributed by atoms with Crippen molar-refractivity contribution in [3.05, 3.63) is 101 Å². The van der Waals surface area contributed by atoms with Crippen LogP contribution in [0.4, 0.5) is 0 Å². The molecular weight excluding hydrogens is 448 g/mol. The van der Waals surface area contributed by atoms with Crippen molar-refractivity contribution in [1.82, 2.24) is 0 Å². The van der Waals surface area contributed by atoms with Crippen molar-refractivity contribution >= 4 is 12.0 Å². The summed E-state index contributed by atoms with van der Waals surface area (Å²) < 4.78 is 12.1. The Balaban J connectivity index is 1.26. The molecule has 186 valence electrons. The Morgan fingerprint density at radius 3 is 2.06 bits per heavy atom. The second-order valence-electron chi connectivity index (χ2n) is 10.6. The van der Waals surface area contributed by atoms with Crippen LogP contribution in [-0.2, 0) is 22.1 Å². The van der Waals surface area contributed by atoms with E-state index in [0.29, 0.717) is 25.0 Å². The lowest BCUT2D eigenvalue weighted by Gasteiger charge is -2.27. The molecule has 4 atom stereocenters. The molecule has 0 bridgehead atoms. The van der Waals surface area contributed by atoms with Crippen molar-refractivity contribution in [2.24, 2.45) is 17.8 Å². The molecular formula is C32H40O2S. The molecule has 3 aromatic carbocycles. The number of hydrogen-bond donors (Lipinski definition) is 0. The lowest BCUT2D eigenvalue weighted by atomic mass is 9.83. The molecule has 0 saturated heterocycles. The molecule has 1 saturated carbocycles. The van der Waals surface area contributed by atoms with Gasteiger partial charge in [0.05, 0.1) is 11.4 Å². The Labute approximate surface area is 216 Å². The quantitative estimate of drug-likeness (QED) is 0.237. The summed E-state index contributed by atoms with van der Waals surface area (Å²) in [6.07, 6.45) is 2.38. The van der Waals surface area contributed by atoms with Gasteiger partial charge in [-0.2, -0.15) is 0 Å². The fraction of sp³-hybridized carbons (Fsp3) is 0.438. The van der Waals surface area contributed by atoms with E-state index in [2.05, 4.69) is 101 Å². The predicted molar refractivity (Wildman–Crippen MR) is 149 cm³/mol. The average molecular weight is 489 g/mol. The number of benzene rings is 3. The van der Waals surface area contributed by atoms with Crippen LogP contribution in [0.15, 0.2) is 78.9 Å². The van der Waals surface area contributed by atoms with Gasteiger partial charge in [0, 0.05) is 12.0 Å². The van der Waals surface area contributed by atoms with Crippen LogP contribution in [0.2, 0.25) is 0 Å². The first-order valence-electron chi connectivity index (χ1n) is 13.1. The zero-order valence-corrected chi connectivity index (χ0v) is 22.7. The molecule has 1 aliphatic carbocycles. The van der Waals surface area contributed by atoms with Crippen LogP contribution in [0.1, 0.15) is 75.6 Å². The summed E-state index contributed by atoms with van der Waals surface area (Å²) in [5.41, 5.74) is 5.14. The second-order valence-corrected chi connectivity index (χ2v) is 11.9. The molecule has 4 rings (SSSR count). The van der Waals surface area contributed by atoms with Gasteiger partial charge >= 0.3 is 0 Å². The first-order chi connectivity index (χ1) is 16.9. The molecule has 1 fully saturated rings. The van der Waals surface area contributed by atoms with Crippen molar-refractivity contribution in [1.29, 1.82) is 0 Å². The van der Waals surface area contributed by atoms with Crippen LogP contribution in [0.5, 0.6) is 5.75 Å². The lowest BCUT2D eigenvalue weighted by Crippen LogP contribution is -2.16. The van der Waals surface area contributed by atoms with Crippen LogP contribution in [-0.4, -0.2) is 0 Å². The normalized spacial score (nSPS) is 19.8. The summed E-state index contributed by atoms with van der Waals surface area (Å²) in [4.78, 5) is 0. The van der Waals surface area contributed by atoms with Gasteiger partial charge in [0.2, 0.25) is 0 Å². The van der Waals surface area contributed by atoms with E-state index in [1.165, 1.54) is 23.1 Å². The van der Waals surface area contributed by atoms with Crippen molar-refractivity contribution in [3.63, 3.8) is 0 Å². The fourth-order valence-corrected chi connectivity index (χ4v) is 5.80. The molecule has 3 aromatic rings. The minimum Gasteiger partial charge on any atom is -0.489 e. The Hall–Kier alpha value is -2.23.